The Morgan fingerprint density at radius 3 is 2.03 bits per heavy atom. The molecule has 0 fully saturated rings. The SMILES string of the molecule is CCNC(=O)[C@H](C)N(Cc1c(Cl)cccc1Cl)C(=O)CN(c1ccccc1Cl)S(=O)(=O)c1ccccc1. The number of anilines is 1. The minimum Gasteiger partial charge on any atom is -0.355 e. The second-order valence-corrected chi connectivity index (χ2v) is 11.2. The fourth-order valence-electron chi connectivity index (χ4n) is 3.65. The number of likely N-dealkylation sites (N-methyl/N-ethyl adjacent to an activating group) is 1. The van der Waals surface area contributed by atoms with Gasteiger partial charge < -0.3 is 10.2 Å². The van der Waals surface area contributed by atoms with E-state index in [2.05, 4.69) is 5.32 Å². The minimum absolute atomic E-state index is 0.0137. The Balaban J connectivity index is 2.07. The van der Waals surface area contributed by atoms with Crippen molar-refractivity contribution in [2.24, 2.45) is 0 Å². The first-order valence-electron chi connectivity index (χ1n) is 11.4. The van der Waals surface area contributed by atoms with Gasteiger partial charge in [-0.15, -0.1) is 0 Å². The van der Waals surface area contributed by atoms with Gasteiger partial charge in [-0.3, -0.25) is 13.9 Å². The molecule has 3 aromatic carbocycles. The topological polar surface area (TPSA) is 86.8 Å². The highest BCUT2D eigenvalue weighted by Crippen LogP contribution is 2.31. The molecule has 3 rings (SSSR count). The van der Waals surface area contributed by atoms with E-state index in [4.69, 9.17) is 34.8 Å². The molecule has 0 unspecified atom stereocenters. The molecule has 7 nitrogen and oxygen atoms in total. The summed E-state index contributed by atoms with van der Waals surface area (Å²) in [5.74, 6) is -1.05. The molecule has 0 aliphatic rings. The van der Waals surface area contributed by atoms with Crippen LogP contribution in [0.15, 0.2) is 77.7 Å². The molecule has 0 saturated heterocycles. The van der Waals surface area contributed by atoms with Crippen molar-refractivity contribution in [3.63, 3.8) is 0 Å². The van der Waals surface area contributed by atoms with E-state index in [9.17, 15) is 18.0 Å². The molecule has 1 N–H and O–H groups in total. The number of para-hydroxylation sites is 1. The number of hydrogen-bond acceptors (Lipinski definition) is 4. The molecule has 11 heteroatoms. The molecule has 0 aliphatic heterocycles. The van der Waals surface area contributed by atoms with E-state index in [1.807, 2.05) is 0 Å². The summed E-state index contributed by atoms with van der Waals surface area (Å²) in [6, 6.07) is 18.0. The summed E-state index contributed by atoms with van der Waals surface area (Å²) in [6.07, 6.45) is 0. The van der Waals surface area contributed by atoms with Gasteiger partial charge in [-0.2, -0.15) is 0 Å². The van der Waals surface area contributed by atoms with Gasteiger partial charge in [0.2, 0.25) is 11.8 Å². The monoisotopic (exact) mass is 581 g/mol. The van der Waals surface area contributed by atoms with Crippen molar-refractivity contribution in [1.29, 1.82) is 0 Å². The average molecular weight is 583 g/mol. The van der Waals surface area contributed by atoms with Crippen LogP contribution in [0.2, 0.25) is 15.1 Å². The largest absolute Gasteiger partial charge is 0.355 e. The van der Waals surface area contributed by atoms with Gasteiger partial charge in [0.25, 0.3) is 10.0 Å². The highest BCUT2D eigenvalue weighted by molar-refractivity contribution is 7.92. The lowest BCUT2D eigenvalue weighted by Crippen LogP contribution is -2.51. The predicted octanol–water partition coefficient (Wildman–Crippen LogP) is 5.40. The van der Waals surface area contributed by atoms with Crippen LogP contribution in [-0.4, -0.2) is 44.3 Å². The van der Waals surface area contributed by atoms with Crippen LogP contribution < -0.4 is 9.62 Å². The summed E-state index contributed by atoms with van der Waals surface area (Å²) in [5.41, 5.74) is 0.563. The fourth-order valence-corrected chi connectivity index (χ4v) is 5.90. The fraction of sp³-hybridized carbons (Fsp3) is 0.231. The lowest BCUT2D eigenvalue weighted by atomic mass is 10.1. The molecule has 0 heterocycles. The number of sulfonamides is 1. The third-order valence-corrected chi connectivity index (χ3v) is 8.44. The maximum atomic E-state index is 13.8. The van der Waals surface area contributed by atoms with Crippen LogP contribution in [0, 0.1) is 0 Å². The Labute approximate surface area is 232 Å². The zero-order valence-electron chi connectivity index (χ0n) is 20.2. The Bertz CT molecular complexity index is 1350. The number of carbonyl (C=O) groups is 2. The zero-order valence-corrected chi connectivity index (χ0v) is 23.3. The van der Waals surface area contributed by atoms with Gasteiger partial charge in [-0.1, -0.05) is 71.2 Å². The molecular formula is C26H26Cl3N3O4S. The Morgan fingerprint density at radius 2 is 1.43 bits per heavy atom. The highest BCUT2D eigenvalue weighted by atomic mass is 35.5. The van der Waals surface area contributed by atoms with Crippen LogP contribution in [-0.2, 0) is 26.2 Å². The molecule has 2 amide bonds. The van der Waals surface area contributed by atoms with Crippen LogP contribution in [0.1, 0.15) is 19.4 Å². The van der Waals surface area contributed by atoms with Gasteiger partial charge in [-0.25, -0.2) is 8.42 Å². The maximum Gasteiger partial charge on any atom is 0.264 e. The number of halogens is 3. The van der Waals surface area contributed by atoms with Crippen molar-refractivity contribution in [3.05, 3.63) is 93.4 Å². The molecule has 0 aliphatic carbocycles. The molecule has 3 aromatic rings. The number of nitrogens with one attached hydrogen (secondary N) is 1. The van der Waals surface area contributed by atoms with Crippen LogP contribution >= 0.6 is 34.8 Å². The number of nitrogens with zero attached hydrogens (tertiary/aromatic N) is 2. The Morgan fingerprint density at radius 1 is 0.865 bits per heavy atom. The van der Waals surface area contributed by atoms with E-state index in [1.165, 1.54) is 29.2 Å². The van der Waals surface area contributed by atoms with Gasteiger partial charge >= 0.3 is 0 Å². The Kier molecular flexibility index (Phi) is 9.84. The number of carbonyl (C=O) groups excluding carboxylic acids is 2. The van der Waals surface area contributed by atoms with Crippen LogP contribution in [0.4, 0.5) is 5.69 Å². The van der Waals surface area contributed by atoms with Gasteiger partial charge in [-0.05, 0) is 50.2 Å². The van der Waals surface area contributed by atoms with Crippen molar-refractivity contribution in [1.82, 2.24) is 10.2 Å². The first-order valence-corrected chi connectivity index (χ1v) is 14.0. The van der Waals surface area contributed by atoms with Crippen molar-refractivity contribution in [3.8, 4) is 0 Å². The summed E-state index contributed by atoms with van der Waals surface area (Å²) < 4.78 is 28.3. The van der Waals surface area contributed by atoms with Crippen LogP contribution in [0.3, 0.4) is 0 Å². The molecule has 37 heavy (non-hydrogen) atoms. The lowest BCUT2D eigenvalue weighted by molar-refractivity contribution is -0.139. The number of rotatable bonds is 10. The summed E-state index contributed by atoms with van der Waals surface area (Å²) in [5, 5.41) is 3.47. The third-order valence-electron chi connectivity index (χ3n) is 5.64. The number of hydrogen-bond donors (Lipinski definition) is 1. The zero-order chi connectivity index (χ0) is 27.2. The standard InChI is InChI=1S/C26H26Cl3N3O4S/c1-3-30-26(34)18(2)31(16-20-21(27)13-9-14-22(20)28)25(33)17-32(24-15-8-7-12-23(24)29)37(35,36)19-10-5-4-6-11-19/h4-15,18H,3,16-17H2,1-2H3,(H,30,34)/t18-/m0/s1. The molecule has 196 valence electrons. The van der Waals surface area contributed by atoms with E-state index in [0.717, 1.165) is 4.31 Å². The first kappa shape index (κ1) is 28.8. The van der Waals surface area contributed by atoms with Gasteiger partial charge in [0.15, 0.2) is 0 Å². The normalized spacial score (nSPS) is 12.0. The predicted molar refractivity (Wildman–Crippen MR) is 148 cm³/mol. The molecule has 0 aromatic heterocycles. The van der Waals surface area contributed by atoms with Gasteiger partial charge in [0.1, 0.15) is 12.6 Å². The lowest BCUT2D eigenvalue weighted by Gasteiger charge is -2.32. The van der Waals surface area contributed by atoms with Crippen molar-refractivity contribution < 1.29 is 18.0 Å². The number of amides is 2. The van der Waals surface area contributed by atoms with Gasteiger partial charge in [0, 0.05) is 28.7 Å². The minimum atomic E-state index is -4.20. The average Bonchev–Trinajstić information content (AvgIpc) is 2.88. The Hall–Kier alpha value is -2.78. The second-order valence-electron chi connectivity index (χ2n) is 8.07. The van der Waals surface area contributed by atoms with E-state index in [0.29, 0.717) is 22.2 Å². The molecule has 1 atom stereocenters. The van der Waals surface area contributed by atoms with Crippen LogP contribution in [0.25, 0.3) is 0 Å². The summed E-state index contributed by atoms with van der Waals surface area (Å²) in [6.45, 7) is 2.93. The van der Waals surface area contributed by atoms with E-state index in [1.54, 1.807) is 62.4 Å². The molecule has 0 bridgehead atoms. The molecule has 0 spiro atoms. The third kappa shape index (κ3) is 6.76. The van der Waals surface area contributed by atoms with E-state index < -0.39 is 34.4 Å². The van der Waals surface area contributed by atoms with Crippen molar-refractivity contribution in [2.45, 2.75) is 31.3 Å². The first-order chi connectivity index (χ1) is 17.6. The smallest absolute Gasteiger partial charge is 0.264 e. The van der Waals surface area contributed by atoms with E-state index >= 15 is 0 Å². The van der Waals surface area contributed by atoms with Gasteiger partial charge in [0.05, 0.1) is 15.6 Å². The molecule has 0 saturated carbocycles. The maximum absolute atomic E-state index is 13.8. The van der Waals surface area contributed by atoms with Crippen LogP contribution in [0.5, 0.6) is 0 Å². The second kappa shape index (κ2) is 12.6. The summed E-state index contributed by atoms with van der Waals surface area (Å²) in [7, 11) is -4.20. The van der Waals surface area contributed by atoms with Crippen molar-refractivity contribution >= 4 is 62.3 Å². The quantitative estimate of drug-likeness (QED) is 0.347. The number of benzene rings is 3. The highest BCUT2D eigenvalue weighted by Gasteiger charge is 2.33. The van der Waals surface area contributed by atoms with Crippen molar-refractivity contribution in [2.75, 3.05) is 17.4 Å². The van der Waals surface area contributed by atoms with E-state index in [-0.39, 0.29) is 22.2 Å². The molecular weight excluding hydrogens is 557 g/mol. The summed E-state index contributed by atoms with van der Waals surface area (Å²) in [4.78, 5) is 27.8. The molecule has 0 radical (unpaired) electrons. The summed E-state index contributed by atoms with van der Waals surface area (Å²) >= 11 is 19.1.